The molecule has 2 aromatic carbocycles. The number of nitrogens with one attached hydrogen (secondary N) is 1. The summed E-state index contributed by atoms with van der Waals surface area (Å²) >= 11 is 0. The summed E-state index contributed by atoms with van der Waals surface area (Å²) in [6.45, 7) is 0.273. The van der Waals surface area contributed by atoms with Crippen LogP contribution in [0.3, 0.4) is 0 Å². The fourth-order valence-electron chi connectivity index (χ4n) is 1.77. The van der Waals surface area contributed by atoms with Gasteiger partial charge in [0, 0.05) is 6.54 Å². The second kappa shape index (κ2) is 7.28. The van der Waals surface area contributed by atoms with Crippen LogP contribution in [0.15, 0.2) is 48.5 Å². The van der Waals surface area contributed by atoms with E-state index in [4.69, 9.17) is 4.74 Å². The number of aromatic hydroxyl groups is 1. The monoisotopic (exact) mass is 289 g/mol. The van der Waals surface area contributed by atoms with Crippen molar-refractivity contribution in [3.63, 3.8) is 0 Å². The molecule has 0 fully saturated rings. The van der Waals surface area contributed by atoms with Crippen molar-refractivity contribution in [2.75, 3.05) is 13.2 Å². The molecule has 1 amide bonds. The quantitative estimate of drug-likeness (QED) is 0.857. The molecule has 110 valence electrons. The van der Waals surface area contributed by atoms with Gasteiger partial charge in [-0.2, -0.15) is 0 Å². The lowest BCUT2D eigenvalue weighted by atomic mass is 10.1. The molecule has 4 nitrogen and oxygen atoms in total. The van der Waals surface area contributed by atoms with Crippen LogP contribution in [-0.2, 0) is 11.2 Å². The minimum absolute atomic E-state index is 0.00314. The lowest BCUT2D eigenvalue weighted by Crippen LogP contribution is -2.30. The second-order valence-electron chi connectivity index (χ2n) is 4.48. The van der Waals surface area contributed by atoms with E-state index in [-0.39, 0.29) is 29.8 Å². The number of phenols is 1. The summed E-state index contributed by atoms with van der Waals surface area (Å²) in [7, 11) is 0. The molecule has 0 heterocycles. The fraction of sp³-hybridized carbons (Fsp3) is 0.188. The van der Waals surface area contributed by atoms with Crippen LogP contribution in [0, 0.1) is 5.82 Å². The average molecular weight is 289 g/mol. The van der Waals surface area contributed by atoms with Gasteiger partial charge in [-0.15, -0.1) is 0 Å². The first-order valence-corrected chi connectivity index (χ1v) is 6.57. The van der Waals surface area contributed by atoms with Gasteiger partial charge in [0.1, 0.15) is 5.82 Å². The van der Waals surface area contributed by atoms with Crippen molar-refractivity contribution in [3.05, 3.63) is 59.9 Å². The highest BCUT2D eigenvalue weighted by Crippen LogP contribution is 2.23. The Kier molecular flexibility index (Phi) is 5.15. The molecule has 0 saturated carbocycles. The van der Waals surface area contributed by atoms with E-state index in [1.807, 2.05) is 0 Å². The van der Waals surface area contributed by atoms with Crippen molar-refractivity contribution < 1.29 is 19.0 Å². The summed E-state index contributed by atoms with van der Waals surface area (Å²) < 4.78 is 17.9. The molecule has 2 aromatic rings. The minimum atomic E-state index is -0.279. The Morgan fingerprint density at radius 1 is 1.14 bits per heavy atom. The summed E-state index contributed by atoms with van der Waals surface area (Å²) in [5, 5.41) is 12.2. The number of hydrogen-bond donors (Lipinski definition) is 2. The summed E-state index contributed by atoms with van der Waals surface area (Å²) in [6.07, 6.45) is 0.614. The molecule has 2 rings (SSSR count). The molecular formula is C16H16FNO3. The van der Waals surface area contributed by atoms with Crippen LogP contribution in [0.2, 0.25) is 0 Å². The summed E-state index contributed by atoms with van der Waals surface area (Å²) in [6, 6.07) is 12.6. The van der Waals surface area contributed by atoms with Gasteiger partial charge in [0.05, 0.1) is 0 Å². The molecule has 0 aliphatic carbocycles. The Labute approximate surface area is 122 Å². The molecule has 0 bridgehead atoms. The van der Waals surface area contributed by atoms with Gasteiger partial charge >= 0.3 is 0 Å². The number of amides is 1. The lowest BCUT2D eigenvalue weighted by molar-refractivity contribution is -0.123. The summed E-state index contributed by atoms with van der Waals surface area (Å²) in [4.78, 5) is 11.6. The Hall–Kier alpha value is -2.56. The zero-order valence-corrected chi connectivity index (χ0v) is 11.4. The maximum absolute atomic E-state index is 12.7. The van der Waals surface area contributed by atoms with Gasteiger partial charge in [0.15, 0.2) is 18.1 Å². The van der Waals surface area contributed by atoms with E-state index in [1.54, 1.807) is 30.3 Å². The Morgan fingerprint density at radius 2 is 1.86 bits per heavy atom. The lowest BCUT2D eigenvalue weighted by Gasteiger charge is -2.08. The number of para-hydroxylation sites is 2. The number of phenolic OH excluding ortho intramolecular Hbond substituents is 1. The third kappa shape index (κ3) is 4.80. The number of hydrogen-bond acceptors (Lipinski definition) is 3. The van der Waals surface area contributed by atoms with Crippen molar-refractivity contribution >= 4 is 5.91 Å². The smallest absolute Gasteiger partial charge is 0.257 e. The van der Waals surface area contributed by atoms with Crippen LogP contribution in [0.4, 0.5) is 4.39 Å². The van der Waals surface area contributed by atoms with E-state index in [2.05, 4.69) is 5.32 Å². The van der Waals surface area contributed by atoms with Crippen molar-refractivity contribution in [2.24, 2.45) is 0 Å². The van der Waals surface area contributed by atoms with E-state index in [0.29, 0.717) is 13.0 Å². The number of halogens is 1. The fourth-order valence-corrected chi connectivity index (χ4v) is 1.77. The van der Waals surface area contributed by atoms with E-state index < -0.39 is 0 Å². The molecule has 2 N–H and O–H groups in total. The molecule has 21 heavy (non-hydrogen) atoms. The van der Waals surface area contributed by atoms with Gasteiger partial charge in [-0.25, -0.2) is 4.39 Å². The van der Waals surface area contributed by atoms with Crippen molar-refractivity contribution in [3.8, 4) is 11.5 Å². The number of rotatable bonds is 6. The predicted octanol–water partition coefficient (Wildman–Crippen LogP) is 2.27. The van der Waals surface area contributed by atoms with Crippen LogP contribution in [0.1, 0.15) is 5.56 Å². The highest BCUT2D eigenvalue weighted by molar-refractivity contribution is 5.77. The molecule has 0 radical (unpaired) electrons. The van der Waals surface area contributed by atoms with Crippen LogP contribution in [0.25, 0.3) is 0 Å². The van der Waals surface area contributed by atoms with Crippen molar-refractivity contribution in [1.82, 2.24) is 5.32 Å². The van der Waals surface area contributed by atoms with Gasteiger partial charge in [0.25, 0.3) is 5.91 Å². The highest BCUT2D eigenvalue weighted by atomic mass is 19.1. The van der Waals surface area contributed by atoms with E-state index >= 15 is 0 Å². The Morgan fingerprint density at radius 3 is 2.57 bits per heavy atom. The maximum atomic E-state index is 12.7. The molecule has 0 unspecified atom stereocenters. The Balaban J connectivity index is 1.70. The number of carbonyl (C=O) groups excluding carboxylic acids is 1. The molecule has 0 aliphatic heterocycles. The van der Waals surface area contributed by atoms with Crippen LogP contribution in [0.5, 0.6) is 11.5 Å². The second-order valence-corrected chi connectivity index (χ2v) is 4.48. The van der Waals surface area contributed by atoms with Gasteiger partial charge < -0.3 is 15.2 Å². The van der Waals surface area contributed by atoms with Crippen LogP contribution >= 0.6 is 0 Å². The van der Waals surface area contributed by atoms with E-state index in [1.165, 1.54) is 18.2 Å². The SMILES string of the molecule is O=C(COc1ccccc1O)NCCc1ccc(F)cc1. The molecule has 0 aliphatic rings. The molecular weight excluding hydrogens is 273 g/mol. The minimum Gasteiger partial charge on any atom is -0.504 e. The number of carbonyl (C=O) groups is 1. The first-order valence-electron chi connectivity index (χ1n) is 6.57. The molecule has 0 saturated heterocycles. The third-order valence-corrected chi connectivity index (χ3v) is 2.87. The van der Waals surface area contributed by atoms with Gasteiger partial charge in [-0.3, -0.25) is 4.79 Å². The summed E-state index contributed by atoms with van der Waals surface area (Å²) in [5.74, 6) is -0.290. The molecule has 0 aromatic heterocycles. The van der Waals surface area contributed by atoms with Gasteiger partial charge in [0.2, 0.25) is 0 Å². The molecule has 5 heteroatoms. The molecule has 0 atom stereocenters. The topological polar surface area (TPSA) is 58.6 Å². The zero-order chi connectivity index (χ0) is 15.1. The first kappa shape index (κ1) is 14.8. The average Bonchev–Trinajstić information content (AvgIpc) is 2.48. The van der Waals surface area contributed by atoms with Crippen LogP contribution < -0.4 is 10.1 Å². The van der Waals surface area contributed by atoms with Crippen molar-refractivity contribution in [2.45, 2.75) is 6.42 Å². The maximum Gasteiger partial charge on any atom is 0.257 e. The highest BCUT2D eigenvalue weighted by Gasteiger charge is 2.05. The standard InChI is InChI=1S/C16H16FNO3/c17-13-7-5-12(6-8-13)9-10-18-16(20)11-21-15-4-2-1-3-14(15)19/h1-8,19H,9-11H2,(H,18,20). The molecule has 0 spiro atoms. The normalized spacial score (nSPS) is 10.1. The van der Waals surface area contributed by atoms with E-state index in [0.717, 1.165) is 5.56 Å². The summed E-state index contributed by atoms with van der Waals surface area (Å²) in [5.41, 5.74) is 0.943. The third-order valence-electron chi connectivity index (χ3n) is 2.87. The van der Waals surface area contributed by atoms with Crippen LogP contribution in [-0.4, -0.2) is 24.2 Å². The number of ether oxygens (including phenoxy) is 1. The van der Waals surface area contributed by atoms with Gasteiger partial charge in [-0.1, -0.05) is 24.3 Å². The van der Waals surface area contributed by atoms with E-state index in [9.17, 15) is 14.3 Å². The van der Waals surface area contributed by atoms with Crippen molar-refractivity contribution in [1.29, 1.82) is 0 Å². The predicted molar refractivity (Wildman–Crippen MR) is 76.7 cm³/mol. The number of benzene rings is 2. The Bertz CT molecular complexity index is 599. The largest absolute Gasteiger partial charge is 0.504 e. The first-order chi connectivity index (χ1) is 10.1. The zero-order valence-electron chi connectivity index (χ0n) is 11.4. The van der Waals surface area contributed by atoms with Gasteiger partial charge in [-0.05, 0) is 36.2 Å².